The van der Waals surface area contributed by atoms with E-state index >= 15 is 0 Å². The molecule has 0 saturated heterocycles. The number of hydrogen-bond donors (Lipinski definition) is 1. The summed E-state index contributed by atoms with van der Waals surface area (Å²) in [6.45, 7) is 0.463. The fourth-order valence-electron chi connectivity index (χ4n) is 1.78. The molecule has 0 spiro atoms. The molecule has 2 nitrogen and oxygen atoms in total. The van der Waals surface area contributed by atoms with E-state index in [1.54, 1.807) is 11.8 Å². The predicted molar refractivity (Wildman–Crippen MR) is 84.9 cm³/mol. The van der Waals surface area contributed by atoms with E-state index in [4.69, 9.17) is 22.7 Å². The highest BCUT2D eigenvalue weighted by atomic mass is 32.2. The first kappa shape index (κ1) is 13.9. The van der Waals surface area contributed by atoms with Gasteiger partial charge >= 0.3 is 0 Å². The van der Waals surface area contributed by atoms with Gasteiger partial charge in [-0.25, -0.2) is 0 Å². The van der Waals surface area contributed by atoms with Crippen LogP contribution >= 0.6 is 24.0 Å². The molecule has 0 saturated carbocycles. The van der Waals surface area contributed by atoms with Crippen LogP contribution in [0.1, 0.15) is 11.1 Å². The van der Waals surface area contributed by atoms with E-state index in [0.29, 0.717) is 11.6 Å². The molecule has 0 atom stereocenters. The first-order valence-electron chi connectivity index (χ1n) is 5.86. The summed E-state index contributed by atoms with van der Waals surface area (Å²) >= 11 is 6.71. The predicted octanol–water partition coefficient (Wildman–Crippen LogP) is 3.62. The maximum atomic E-state index is 5.87. The second kappa shape index (κ2) is 6.59. The number of benzene rings is 2. The minimum absolute atomic E-state index is 0.400. The van der Waals surface area contributed by atoms with Crippen LogP contribution in [0.15, 0.2) is 53.4 Å². The number of para-hydroxylation sites is 1. The van der Waals surface area contributed by atoms with Gasteiger partial charge in [-0.05, 0) is 24.0 Å². The number of ether oxygens (including phenoxy) is 1. The van der Waals surface area contributed by atoms with Crippen LogP contribution in [0.5, 0.6) is 5.75 Å². The van der Waals surface area contributed by atoms with Crippen molar-refractivity contribution in [1.82, 2.24) is 0 Å². The Kier molecular flexibility index (Phi) is 4.82. The number of rotatable bonds is 5. The van der Waals surface area contributed by atoms with Crippen molar-refractivity contribution >= 4 is 29.0 Å². The molecule has 2 aromatic carbocycles. The van der Waals surface area contributed by atoms with E-state index in [2.05, 4.69) is 0 Å². The highest BCUT2D eigenvalue weighted by Gasteiger charge is 2.06. The molecule has 0 heterocycles. The Balaban J connectivity index is 2.17. The standard InChI is InChI=1S/C15H15NOS2/c1-19-14-9-5-4-8-13(14)17-10-11-6-2-3-7-12(11)15(16)18/h2-9H,10H2,1H3,(H2,16,18). The fraction of sp³-hybridized carbons (Fsp3) is 0.133. The van der Waals surface area contributed by atoms with Crippen molar-refractivity contribution in [2.24, 2.45) is 5.73 Å². The average molecular weight is 289 g/mol. The Hall–Kier alpha value is -1.52. The van der Waals surface area contributed by atoms with Gasteiger partial charge in [0.05, 0.1) is 0 Å². The van der Waals surface area contributed by atoms with Crippen molar-refractivity contribution in [2.75, 3.05) is 6.26 Å². The SMILES string of the molecule is CSc1ccccc1OCc1ccccc1C(N)=S. The summed E-state index contributed by atoms with van der Waals surface area (Å²) in [6, 6.07) is 15.8. The van der Waals surface area contributed by atoms with Gasteiger partial charge in [0.25, 0.3) is 0 Å². The molecule has 4 heteroatoms. The summed E-state index contributed by atoms with van der Waals surface area (Å²) in [6.07, 6.45) is 2.03. The minimum atomic E-state index is 0.400. The Morgan fingerprint density at radius 3 is 2.58 bits per heavy atom. The molecule has 0 aliphatic heterocycles. The molecule has 0 unspecified atom stereocenters. The van der Waals surface area contributed by atoms with Crippen molar-refractivity contribution in [3.8, 4) is 5.75 Å². The van der Waals surface area contributed by atoms with E-state index in [-0.39, 0.29) is 0 Å². The summed E-state index contributed by atoms with van der Waals surface area (Å²) in [4.78, 5) is 1.52. The molecule has 0 radical (unpaired) electrons. The van der Waals surface area contributed by atoms with Crippen LogP contribution in [-0.2, 0) is 6.61 Å². The summed E-state index contributed by atoms with van der Waals surface area (Å²) in [5.74, 6) is 0.882. The third-order valence-corrected chi connectivity index (χ3v) is 3.73. The molecule has 98 valence electrons. The molecule has 19 heavy (non-hydrogen) atoms. The van der Waals surface area contributed by atoms with Gasteiger partial charge in [-0.15, -0.1) is 11.8 Å². The zero-order valence-corrected chi connectivity index (χ0v) is 12.3. The second-order valence-corrected chi connectivity index (χ2v) is 5.25. The number of hydrogen-bond acceptors (Lipinski definition) is 3. The summed E-state index contributed by atoms with van der Waals surface area (Å²) in [5.41, 5.74) is 7.59. The molecule has 0 amide bonds. The third-order valence-electron chi connectivity index (χ3n) is 2.74. The first-order valence-corrected chi connectivity index (χ1v) is 7.49. The molecule has 0 aromatic heterocycles. The highest BCUT2D eigenvalue weighted by Crippen LogP contribution is 2.27. The van der Waals surface area contributed by atoms with Gasteiger partial charge < -0.3 is 10.5 Å². The maximum absolute atomic E-state index is 5.87. The lowest BCUT2D eigenvalue weighted by Crippen LogP contribution is -2.13. The molecular weight excluding hydrogens is 274 g/mol. The van der Waals surface area contributed by atoms with Crippen molar-refractivity contribution in [2.45, 2.75) is 11.5 Å². The highest BCUT2D eigenvalue weighted by molar-refractivity contribution is 7.98. The van der Waals surface area contributed by atoms with Crippen molar-refractivity contribution in [1.29, 1.82) is 0 Å². The van der Waals surface area contributed by atoms with E-state index < -0.39 is 0 Å². The Bertz CT molecular complexity index is 584. The molecule has 0 fully saturated rings. The normalized spacial score (nSPS) is 10.2. The van der Waals surface area contributed by atoms with Crippen molar-refractivity contribution in [3.63, 3.8) is 0 Å². The molecular formula is C15H15NOS2. The largest absolute Gasteiger partial charge is 0.488 e. The van der Waals surface area contributed by atoms with Gasteiger partial charge in [-0.3, -0.25) is 0 Å². The number of nitrogens with two attached hydrogens (primary N) is 1. The Morgan fingerprint density at radius 1 is 1.16 bits per heavy atom. The van der Waals surface area contributed by atoms with Gasteiger partial charge in [-0.2, -0.15) is 0 Å². The summed E-state index contributed by atoms with van der Waals surface area (Å²) in [5, 5.41) is 0. The molecule has 2 rings (SSSR count). The van der Waals surface area contributed by atoms with Crippen molar-refractivity contribution < 1.29 is 4.74 Å². The van der Waals surface area contributed by atoms with Gasteiger partial charge in [0.2, 0.25) is 0 Å². The molecule has 0 aliphatic rings. The quantitative estimate of drug-likeness (QED) is 0.673. The average Bonchev–Trinajstić information content (AvgIpc) is 2.45. The van der Waals surface area contributed by atoms with Gasteiger partial charge in [0.15, 0.2) is 0 Å². The van der Waals surface area contributed by atoms with Gasteiger partial charge in [0, 0.05) is 10.5 Å². The van der Waals surface area contributed by atoms with Crippen LogP contribution in [0.2, 0.25) is 0 Å². The van der Waals surface area contributed by atoms with E-state index in [0.717, 1.165) is 21.8 Å². The molecule has 2 aromatic rings. The maximum Gasteiger partial charge on any atom is 0.133 e. The van der Waals surface area contributed by atoms with Crippen LogP contribution in [-0.4, -0.2) is 11.2 Å². The zero-order valence-electron chi connectivity index (χ0n) is 10.6. The van der Waals surface area contributed by atoms with E-state index in [9.17, 15) is 0 Å². The van der Waals surface area contributed by atoms with Crippen LogP contribution in [0, 0.1) is 0 Å². The Morgan fingerprint density at radius 2 is 1.84 bits per heavy atom. The Labute approximate surface area is 123 Å². The fourth-order valence-corrected chi connectivity index (χ4v) is 2.52. The van der Waals surface area contributed by atoms with Crippen LogP contribution in [0.25, 0.3) is 0 Å². The zero-order chi connectivity index (χ0) is 13.7. The minimum Gasteiger partial charge on any atom is -0.488 e. The van der Waals surface area contributed by atoms with E-state index in [1.165, 1.54) is 0 Å². The molecule has 2 N–H and O–H groups in total. The van der Waals surface area contributed by atoms with Crippen molar-refractivity contribution in [3.05, 3.63) is 59.7 Å². The topological polar surface area (TPSA) is 35.2 Å². The van der Waals surface area contributed by atoms with Crippen LogP contribution in [0.4, 0.5) is 0 Å². The summed E-state index contributed by atoms with van der Waals surface area (Å²) < 4.78 is 5.87. The smallest absolute Gasteiger partial charge is 0.133 e. The number of thioether (sulfide) groups is 1. The van der Waals surface area contributed by atoms with E-state index in [1.807, 2.05) is 54.8 Å². The van der Waals surface area contributed by atoms with Gasteiger partial charge in [-0.1, -0.05) is 48.6 Å². The molecule has 0 bridgehead atoms. The third kappa shape index (κ3) is 3.49. The lowest BCUT2D eigenvalue weighted by atomic mass is 10.1. The van der Waals surface area contributed by atoms with Crippen LogP contribution in [0.3, 0.4) is 0 Å². The lowest BCUT2D eigenvalue weighted by Gasteiger charge is -2.12. The monoisotopic (exact) mass is 289 g/mol. The number of thiocarbonyl (C=S) groups is 1. The lowest BCUT2D eigenvalue weighted by molar-refractivity contribution is 0.299. The first-order chi connectivity index (χ1) is 9.22. The summed E-state index contributed by atoms with van der Waals surface area (Å²) in [7, 11) is 0. The second-order valence-electron chi connectivity index (χ2n) is 3.96. The van der Waals surface area contributed by atoms with Crippen LogP contribution < -0.4 is 10.5 Å². The molecule has 0 aliphatic carbocycles. The van der Waals surface area contributed by atoms with Gasteiger partial charge in [0.1, 0.15) is 17.3 Å².